The van der Waals surface area contributed by atoms with Crippen molar-refractivity contribution in [2.75, 3.05) is 38.5 Å². The fraction of sp³-hybridized carbons (Fsp3) is 0.667. The fourth-order valence-electron chi connectivity index (χ4n) is 4.53. The van der Waals surface area contributed by atoms with Gasteiger partial charge in [-0.2, -0.15) is 0 Å². The third-order valence-corrected chi connectivity index (χ3v) is 6.65. The zero-order chi connectivity index (χ0) is 26.6. The Morgan fingerprint density at radius 3 is 2.53 bits per heavy atom. The van der Waals surface area contributed by atoms with E-state index in [1.807, 2.05) is 46.4 Å². The number of hydrogen-bond donors (Lipinski definition) is 2. The summed E-state index contributed by atoms with van der Waals surface area (Å²) >= 11 is 0. The number of fused-ring (bicyclic) bond motifs is 1. The summed E-state index contributed by atoms with van der Waals surface area (Å²) < 4.78 is 12.0. The summed E-state index contributed by atoms with van der Waals surface area (Å²) in [5, 5.41) is 6.30. The van der Waals surface area contributed by atoms with Gasteiger partial charge in [0.25, 0.3) is 5.91 Å². The summed E-state index contributed by atoms with van der Waals surface area (Å²) in [6.07, 6.45) is 0.668. The van der Waals surface area contributed by atoms with Crippen molar-refractivity contribution in [3.8, 4) is 5.75 Å². The minimum Gasteiger partial charge on any atom is -0.485 e. The Bertz CT molecular complexity index is 952. The second-order valence-electron chi connectivity index (χ2n) is 11.2. The lowest BCUT2D eigenvalue weighted by Crippen LogP contribution is -2.49. The molecule has 2 aliphatic rings. The van der Waals surface area contributed by atoms with Crippen molar-refractivity contribution in [1.29, 1.82) is 0 Å². The molecular weight excluding hydrogens is 460 g/mol. The molecule has 9 heteroatoms. The molecule has 3 rings (SSSR count). The van der Waals surface area contributed by atoms with E-state index in [0.29, 0.717) is 23.5 Å². The predicted octanol–water partition coefficient (Wildman–Crippen LogP) is 3.74. The maximum atomic E-state index is 13.6. The SMILES string of the molecule is CC1CN(C(C)C)C(=O)c2cccc(NC(=O)C3CCNCC3)c2OC1CN(C)C(=O)OC(C)(C)C. The Morgan fingerprint density at radius 2 is 1.92 bits per heavy atom. The summed E-state index contributed by atoms with van der Waals surface area (Å²) in [5.41, 5.74) is 0.272. The van der Waals surface area contributed by atoms with Gasteiger partial charge >= 0.3 is 6.09 Å². The van der Waals surface area contributed by atoms with Crippen molar-refractivity contribution in [1.82, 2.24) is 15.1 Å². The van der Waals surface area contributed by atoms with Crippen LogP contribution in [-0.4, -0.2) is 78.7 Å². The summed E-state index contributed by atoms with van der Waals surface area (Å²) in [6.45, 7) is 13.8. The molecule has 1 aromatic rings. The molecule has 36 heavy (non-hydrogen) atoms. The van der Waals surface area contributed by atoms with E-state index in [0.717, 1.165) is 25.9 Å². The molecule has 0 saturated carbocycles. The molecule has 2 atom stereocenters. The monoisotopic (exact) mass is 502 g/mol. The van der Waals surface area contributed by atoms with Gasteiger partial charge in [0.1, 0.15) is 11.7 Å². The predicted molar refractivity (Wildman–Crippen MR) is 139 cm³/mol. The molecule has 1 aromatic carbocycles. The van der Waals surface area contributed by atoms with E-state index in [1.165, 1.54) is 4.90 Å². The average molecular weight is 503 g/mol. The van der Waals surface area contributed by atoms with Crippen LogP contribution in [0.3, 0.4) is 0 Å². The van der Waals surface area contributed by atoms with Crippen LogP contribution in [0, 0.1) is 11.8 Å². The minimum atomic E-state index is -0.613. The Balaban J connectivity index is 1.93. The lowest BCUT2D eigenvalue weighted by atomic mass is 9.96. The Kier molecular flexibility index (Phi) is 8.87. The largest absolute Gasteiger partial charge is 0.485 e. The van der Waals surface area contributed by atoms with Crippen molar-refractivity contribution in [2.45, 2.75) is 72.1 Å². The number of piperidine rings is 1. The van der Waals surface area contributed by atoms with E-state index < -0.39 is 17.8 Å². The summed E-state index contributed by atoms with van der Waals surface area (Å²) in [4.78, 5) is 42.6. The number of anilines is 1. The number of carbonyl (C=O) groups is 3. The summed E-state index contributed by atoms with van der Waals surface area (Å²) in [6, 6.07) is 5.25. The summed E-state index contributed by atoms with van der Waals surface area (Å²) in [5.74, 6) is -0.0263. The highest BCUT2D eigenvalue weighted by atomic mass is 16.6. The van der Waals surface area contributed by atoms with Crippen LogP contribution in [0.1, 0.15) is 64.7 Å². The number of nitrogens with zero attached hydrogens (tertiary/aromatic N) is 2. The van der Waals surface area contributed by atoms with E-state index in [-0.39, 0.29) is 36.2 Å². The molecule has 1 saturated heterocycles. The van der Waals surface area contributed by atoms with Gasteiger partial charge in [-0.05, 0) is 72.7 Å². The first-order chi connectivity index (χ1) is 16.9. The third-order valence-electron chi connectivity index (χ3n) is 6.65. The molecule has 9 nitrogen and oxygen atoms in total. The van der Waals surface area contributed by atoms with Crippen molar-refractivity contribution in [3.05, 3.63) is 23.8 Å². The lowest BCUT2D eigenvalue weighted by molar-refractivity contribution is -0.120. The normalized spacial score (nSPS) is 21.2. The van der Waals surface area contributed by atoms with Gasteiger partial charge in [0.05, 0.1) is 17.8 Å². The topological polar surface area (TPSA) is 100 Å². The fourth-order valence-corrected chi connectivity index (χ4v) is 4.53. The molecule has 2 aliphatic heterocycles. The molecule has 3 amide bonds. The van der Waals surface area contributed by atoms with Crippen LogP contribution < -0.4 is 15.4 Å². The standard InChI is InChI=1S/C27H42N4O5/c1-17(2)31-15-18(3)22(16-30(7)26(34)36-27(4,5)6)35-23-20(25(31)33)9-8-10-21(23)29-24(32)19-11-13-28-14-12-19/h8-10,17-19,22,28H,11-16H2,1-7H3,(H,29,32). The number of rotatable bonds is 5. The second kappa shape index (κ2) is 11.5. The zero-order valence-electron chi connectivity index (χ0n) is 22.7. The van der Waals surface area contributed by atoms with Gasteiger partial charge in [0.15, 0.2) is 5.75 Å². The van der Waals surface area contributed by atoms with Crippen molar-refractivity contribution >= 4 is 23.6 Å². The first kappa shape index (κ1) is 27.8. The van der Waals surface area contributed by atoms with Crippen LogP contribution in [0.4, 0.5) is 10.5 Å². The van der Waals surface area contributed by atoms with E-state index in [2.05, 4.69) is 10.6 Å². The maximum absolute atomic E-state index is 13.6. The highest BCUT2D eigenvalue weighted by Gasteiger charge is 2.35. The van der Waals surface area contributed by atoms with Gasteiger partial charge in [0, 0.05) is 31.5 Å². The molecule has 1 fully saturated rings. The number of likely N-dealkylation sites (N-methyl/N-ethyl adjacent to an activating group) is 1. The van der Waals surface area contributed by atoms with Crippen molar-refractivity contribution in [2.24, 2.45) is 11.8 Å². The molecule has 2 unspecified atom stereocenters. The molecule has 2 N–H and O–H groups in total. The Labute approximate surface area is 214 Å². The molecular formula is C27H42N4O5. The molecule has 0 aliphatic carbocycles. The Hall–Kier alpha value is -2.81. The van der Waals surface area contributed by atoms with Gasteiger partial charge < -0.3 is 29.9 Å². The van der Waals surface area contributed by atoms with E-state index in [4.69, 9.17) is 9.47 Å². The number of nitrogens with one attached hydrogen (secondary N) is 2. The third kappa shape index (κ3) is 6.90. The highest BCUT2D eigenvalue weighted by molar-refractivity contribution is 6.02. The molecule has 0 spiro atoms. The van der Waals surface area contributed by atoms with Gasteiger partial charge in [-0.25, -0.2) is 4.79 Å². The number of ether oxygens (including phenoxy) is 2. The highest BCUT2D eigenvalue weighted by Crippen LogP contribution is 2.35. The van der Waals surface area contributed by atoms with Gasteiger partial charge in [-0.3, -0.25) is 9.59 Å². The number of para-hydroxylation sites is 1. The minimum absolute atomic E-state index is 0.0249. The van der Waals surface area contributed by atoms with Crippen molar-refractivity contribution in [3.63, 3.8) is 0 Å². The van der Waals surface area contributed by atoms with Gasteiger partial charge in [-0.15, -0.1) is 0 Å². The van der Waals surface area contributed by atoms with E-state index >= 15 is 0 Å². The zero-order valence-corrected chi connectivity index (χ0v) is 22.7. The number of carbonyl (C=O) groups excluding carboxylic acids is 3. The average Bonchev–Trinajstić information content (AvgIpc) is 2.80. The lowest BCUT2D eigenvalue weighted by Gasteiger charge is -2.38. The van der Waals surface area contributed by atoms with Crippen molar-refractivity contribution < 1.29 is 23.9 Å². The van der Waals surface area contributed by atoms with Crippen LogP contribution in [0.2, 0.25) is 0 Å². The number of hydrogen-bond acceptors (Lipinski definition) is 6. The second-order valence-corrected chi connectivity index (χ2v) is 11.2. The molecule has 0 bridgehead atoms. The smallest absolute Gasteiger partial charge is 0.410 e. The first-order valence-electron chi connectivity index (χ1n) is 12.9. The molecule has 0 radical (unpaired) electrons. The Morgan fingerprint density at radius 1 is 1.25 bits per heavy atom. The van der Waals surface area contributed by atoms with Crippen LogP contribution in [-0.2, 0) is 9.53 Å². The molecule has 200 valence electrons. The van der Waals surface area contributed by atoms with Crippen LogP contribution in [0.15, 0.2) is 18.2 Å². The van der Waals surface area contributed by atoms with E-state index in [9.17, 15) is 14.4 Å². The number of amides is 3. The first-order valence-corrected chi connectivity index (χ1v) is 12.9. The molecule has 0 aromatic heterocycles. The van der Waals surface area contributed by atoms with Crippen LogP contribution in [0.5, 0.6) is 5.75 Å². The van der Waals surface area contributed by atoms with Gasteiger partial charge in [0.2, 0.25) is 5.91 Å². The molecule has 2 heterocycles. The van der Waals surface area contributed by atoms with E-state index in [1.54, 1.807) is 25.2 Å². The summed E-state index contributed by atoms with van der Waals surface area (Å²) in [7, 11) is 1.68. The number of benzene rings is 1. The van der Waals surface area contributed by atoms with Gasteiger partial charge in [-0.1, -0.05) is 13.0 Å². The van der Waals surface area contributed by atoms with Crippen LogP contribution in [0.25, 0.3) is 0 Å². The quantitative estimate of drug-likeness (QED) is 0.636. The maximum Gasteiger partial charge on any atom is 0.410 e. The van der Waals surface area contributed by atoms with Crippen LogP contribution >= 0.6 is 0 Å².